The van der Waals surface area contributed by atoms with Crippen LogP contribution >= 0.6 is 0 Å². The standard InChI is InChI=1S/C27H32N4O8/c28-22(32)16-20(29-23(33)17-39-19-11-5-2-6-12-19)25(35)30-21-14-15-31(27(21,38)26(36)37)24(34)13-7-10-18-8-3-1-4-9-18/h1-6,8-9,11-12,20-21,38H,7,10,13-17H2,(H2,28,32)(H,29,33)(H,30,35)(H,36,37)/t20-,21-,27-/m0/s1. The predicted molar refractivity (Wildman–Crippen MR) is 138 cm³/mol. The topological polar surface area (TPSA) is 188 Å². The van der Waals surface area contributed by atoms with E-state index in [2.05, 4.69) is 10.6 Å². The van der Waals surface area contributed by atoms with Gasteiger partial charge in [-0.3, -0.25) is 19.2 Å². The molecule has 2 aromatic rings. The molecule has 1 fully saturated rings. The summed E-state index contributed by atoms with van der Waals surface area (Å²) >= 11 is 0. The van der Waals surface area contributed by atoms with Gasteiger partial charge in [-0.1, -0.05) is 48.5 Å². The molecule has 208 valence electrons. The zero-order chi connectivity index (χ0) is 28.4. The van der Waals surface area contributed by atoms with E-state index in [4.69, 9.17) is 10.5 Å². The summed E-state index contributed by atoms with van der Waals surface area (Å²) in [5, 5.41) is 25.6. The second-order valence-corrected chi connectivity index (χ2v) is 9.16. The van der Waals surface area contributed by atoms with E-state index in [1.54, 1.807) is 30.3 Å². The van der Waals surface area contributed by atoms with E-state index in [-0.39, 0.29) is 19.4 Å². The van der Waals surface area contributed by atoms with Gasteiger partial charge < -0.3 is 36.2 Å². The van der Waals surface area contributed by atoms with Crippen molar-refractivity contribution in [1.29, 1.82) is 0 Å². The molecule has 1 saturated heterocycles. The van der Waals surface area contributed by atoms with Crippen molar-refractivity contribution in [2.24, 2.45) is 5.73 Å². The van der Waals surface area contributed by atoms with Gasteiger partial charge in [-0.25, -0.2) is 4.79 Å². The molecule has 6 N–H and O–H groups in total. The van der Waals surface area contributed by atoms with Crippen LogP contribution in [0.1, 0.15) is 31.2 Å². The van der Waals surface area contributed by atoms with Gasteiger partial charge >= 0.3 is 5.97 Å². The monoisotopic (exact) mass is 540 g/mol. The summed E-state index contributed by atoms with van der Waals surface area (Å²) in [7, 11) is 0. The van der Waals surface area contributed by atoms with Crippen molar-refractivity contribution in [2.45, 2.75) is 49.9 Å². The lowest BCUT2D eigenvalue weighted by atomic mass is 10.0. The molecule has 0 saturated carbocycles. The molecule has 2 aromatic carbocycles. The van der Waals surface area contributed by atoms with Gasteiger partial charge in [-0.2, -0.15) is 0 Å². The molecule has 0 aromatic heterocycles. The lowest BCUT2D eigenvalue weighted by molar-refractivity contribution is -0.186. The molecule has 12 heteroatoms. The number of nitrogens with one attached hydrogen (secondary N) is 2. The molecule has 3 atom stereocenters. The Morgan fingerprint density at radius 1 is 1.05 bits per heavy atom. The summed E-state index contributed by atoms with van der Waals surface area (Å²) in [6.45, 7) is -0.573. The second-order valence-electron chi connectivity index (χ2n) is 9.16. The minimum Gasteiger partial charge on any atom is -0.484 e. The van der Waals surface area contributed by atoms with Crippen LogP contribution in [0.4, 0.5) is 0 Å². The summed E-state index contributed by atoms with van der Waals surface area (Å²) in [5.74, 6) is -4.44. The third-order valence-corrected chi connectivity index (χ3v) is 6.34. The van der Waals surface area contributed by atoms with Crippen molar-refractivity contribution in [3.8, 4) is 5.75 Å². The van der Waals surface area contributed by atoms with Crippen LogP contribution in [0.2, 0.25) is 0 Å². The van der Waals surface area contributed by atoms with E-state index in [9.17, 15) is 34.2 Å². The van der Waals surface area contributed by atoms with E-state index >= 15 is 0 Å². The molecule has 1 heterocycles. The number of primary amides is 1. The molecule has 0 radical (unpaired) electrons. The number of amides is 4. The Morgan fingerprint density at radius 2 is 1.69 bits per heavy atom. The minimum atomic E-state index is -2.71. The van der Waals surface area contributed by atoms with Gasteiger partial charge in [0.25, 0.3) is 11.6 Å². The smallest absolute Gasteiger partial charge is 0.359 e. The fourth-order valence-electron chi connectivity index (χ4n) is 4.38. The predicted octanol–water partition coefficient (Wildman–Crippen LogP) is -0.0612. The molecular formula is C27H32N4O8. The van der Waals surface area contributed by atoms with Crippen molar-refractivity contribution >= 4 is 29.6 Å². The maximum atomic E-state index is 13.0. The summed E-state index contributed by atoms with van der Waals surface area (Å²) in [5.41, 5.74) is 3.54. The number of likely N-dealkylation sites (tertiary alicyclic amines) is 1. The van der Waals surface area contributed by atoms with Crippen LogP contribution in [0.5, 0.6) is 5.75 Å². The lowest BCUT2D eigenvalue weighted by Crippen LogP contribution is -2.64. The van der Waals surface area contributed by atoms with Gasteiger partial charge in [-0.15, -0.1) is 0 Å². The van der Waals surface area contributed by atoms with E-state index in [0.29, 0.717) is 18.6 Å². The average molecular weight is 541 g/mol. The van der Waals surface area contributed by atoms with E-state index in [0.717, 1.165) is 10.5 Å². The van der Waals surface area contributed by atoms with Crippen LogP contribution in [0.25, 0.3) is 0 Å². The van der Waals surface area contributed by atoms with Crippen molar-refractivity contribution in [2.75, 3.05) is 13.2 Å². The first-order valence-corrected chi connectivity index (χ1v) is 12.5. The molecule has 1 aliphatic heterocycles. The number of ether oxygens (including phenoxy) is 1. The second kappa shape index (κ2) is 13.4. The molecule has 3 rings (SSSR count). The van der Waals surface area contributed by atoms with Gasteiger partial charge in [-0.05, 0) is 37.0 Å². The van der Waals surface area contributed by atoms with Crippen molar-refractivity contribution in [1.82, 2.24) is 15.5 Å². The molecule has 12 nitrogen and oxygen atoms in total. The molecule has 0 spiro atoms. The Kier molecular flexibility index (Phi) is 9.98. The number of nitrogens with zero attached hydrogens (tertiary/aromatic N) is 1. The van der Waals surface area contributed by atoms with Crippen molar-refractivity contribution in [3.05, 3.63) is 66.2 Å². The molecule has 0 aliphatic carbocycles. The number of aliphatic hydroxyl groups is 1. The first-order chi connectivity index (χ1) is 18.6. The number of carbonyl (C=O) groups is 5. The van der Waals surface area contributed by atoms with Crippen molar-refractivity contribution < 1.29 is 38.9 Å². The Labute approximate surface area is 225 Å². The summed E-state index contributed by atoms with van der Waals surface area (Å²) < 4.78 is 5.33. The maximum Gasteiger partial charge on any atom is 0.359 e. The molecule has 0 bridgehead atoms. The Hall–Kier alpha value is -4.45. The number of hydrogen-bond acceptors (Lipinski definition) is 7. The first kappa shape index (κ1) is 29.1. The number of aliphatic carboxylic acids is 1. The highest BCUT2D eigenvalue weighted by Crippen LogP contribution is 2.29. The number of carboxylic acids is 1. The highest BCUT2D eigenvalue weighted by molar-refractivity contribution is 5.93. The summed E-state index contributed by atoms with van der Waals surface area (Å²) in [4.78, 5) is 62.7. The number of hydrogen-bond donors (Lipinski definition) is 5. The quantitative estimate of drug-likeness (QED) is 0.234. The van der Waals surface area contributed by atoms with E-state index in [1.807, 2.05) is 30.3 Å². The molecule has 1 aliphatic rings. The van der Waals surface area contributed by atoms with E-state index < -0.39 is 60.4 Å². The van der Waals surface area contributed by atoms with Crippen LogP contribution in [0.3, 0.4) is 0 Å². The lowest BCUT2D eigenvalue weighted by Gasteiger charge is -2.34. The zero-order valence-corrected chi connectivity index (χ0v) is 21.2. The van der Waals surface area contributed by atoms with Gasteiger partial charge in [0, 0.05) is 13.0 Å². The SMILES string of the molecule is NC(=O)C[C@H](NC(=O)COc1ccccc1)C(=O)N[C@H]1CCN(C(=O)CCCc2ccccc2)[C@@]1(O)C(=O)O. The number of rotatable bonds is 13. The Bertz CT molecular complexity index is 1180. The highest BCUT2D eigenvalue weighted by atomic mass is 16.5. The Balaban J connectivity index is 1.62. The van der Waals surface area contributed by atoms with Gasteiger partial charge in [0.2, 0.25) is 17.7 Å². The van der Waals surface area contributed by atoms with Crippen LogP contribution in [0.15, 0.2) is 60.7 Å². The largest absolute Gasteiger partial charge is 0.484 e. The number of aryl methyl sites for hydroxylation is 1. The highest BCUT2D eigenvalue weighted by Gasteiger charge is 2.56. The summed E-state index contributed by atoms with van der Waals surface area (Å²) in [6, 6.07) is 15.0. The first-order valence-electron chi connectivity index (χ1n) is 12.5. The van der Waals surface area contributed by atoms with Gasteiger partial charge in [0.15, 0.2) is 6.61 Å². The number of carbonyl (C=O) groups excluding carboxylic acids is 4. The molecule has 39 heavy (non-hydrogen) atoms. The fraction of sp³-hybridized carbons (Fsp3) is 0.370. The Morgan fingerprint density at radius 3 is 2.31 bits per heavy atom. The van der Waals surface area contributed by atoms with Gasteiger partial charge in [0.05, 0.1) is 12.5 Å². The number of carboxylic acid groups (broad SMARTS) is 1. The van der Waals surface area contributed by atoms with Gasteiger partial charge in [0.1, 0.15) is 11.8 Å². The molecule has 0 unspecified atom stereocenters. The van der Waals surface area contributed by atoms with Crippen LogP contribution in [0, 0.1) is 0 Å². The van der Waals surface area contributed by atoms with Crippen LogP contribution < -0.4 is 21.1 Å². The maximum absolute atomic E-state index is 13.0. The number of para-hydroxylation sites is 1. The number of nitrogens with two attached hydrogens (primary N) is 1. The van der Waals surface area contributed by atoms with Crippen LogP contribution in [-0.4, -0.2) is 75.7 Å². The number of benzene rings is 2. The normalized spacial score (nSPS) is 19.1. The third-order valence-electron chi connectivity index (χ3n) is 6.34. The molecular weight excluding hydrogens is 508 g/mol. The summed E-state index contributed by atoms with van der Waals surface area (Å²) in [6.07, 6.45) is 0.377. The van der Waals surface area contributed by atoms with Crippen LogP contribution in [-0.2, 0) is 30.4 Å². The van der Waals surface area contributed by atoms with E-state index in [1.165, 1.54) is 0 Å². The van der Waals surface area contributed by atoms with Crippen molar-refractivity contribution in [3.63, 3.8) is 0 Å². The molecule has 4 amide bonds. The zero-order valence-electron chi connectivity index (χ0n) is 21.2. The average Bonchev–Trinajstić information content (AvgIpc) is 3.25. The third kappa shape index (κ3) is 7.77. The fourth-order valence-corrected chi connectivity index (χ4v) is 4.38. The minimum absolute atomic E-state index is 0.00702.